The molecule has 0 N–H and O–H groups in total. The van der Waals surface area contributed by atoms with E-state index in [9.17, 15) is 14.0 Å². The Hall–Kier alpha value is -1.30. The van der Waals surface area contributed by atoms with Crippen LogP contribution >= 0.6 is 15.9 Å². The molecule has 1 atom stereocenters. The Morgan fingerprint density at radius 1 is 1.59 bits per heavy atom. The number of aromatic nitrogens is 1. The van der Waals surface area contributed by atoms with Gasteiger partial charge in [-0.25, -0.2) is 4.39 Å². The molecule has 0 radical (unpaired) electrons. The summed E-state index contributed by atoms with van der Waals surface area (Å²) in [6, 6.07) is 1.30. The molecule has 0 aliphatic rings. The molecule has 0 aromatic carbocycles. The van der Waals surface area contributed by atoms with E-state index in [1.165, 1.54) is 19.2 Å². The van der Waals surface area contributed by atoms with E-state index < -0.39 is 16.6 Å². The number of rotatable bonds is 4. The van der Waals surface area contributed by atoms with Crippen LogP contribution in [0.4, 0.5) is 4.39 Å². The van der Waals surface area contributed by atoms with Crippen LogP contribution in [0.5, 0.6) is 0 Å². The Kier molecular flexibility index (Phi) is 4.74. The van der Waals surface area contributed by atoms with Crippen molar-refractivity contribution in [3.63, 3.8) is 0 Å². The van der Waals surface area contributed by atoms with E-state index in [1.807, 2.05) is 0 Å². The highest BCUT2D eigenvalue weighted by atomic mass is 79.9. The first-order valence-electron chi connectivity index (χ1n) is 4.88. The van der Waals surface area contributed by atoms with E-state index in [-0.39, 0.29) is 23.6 Å². The van der Waals surface area contributed by atoms with Gasteiger partial charge in [-0.15, -0.1) is 0 Å². The van der Waals surface area contributed by atoms with E-state index in [4.69, 9.17) is 0 Å². The highest BCUT2D eigenvalue weighted by Crippen LogP contribution is 2.16. The molecular formula is C11H11BrFNO3. The minimum atomic E-state index is -0.745. The normalized spacial score (nSPS) is 12.0. The average molecular weight is 304 g/mol. The van der Waals surface area contributed by atoms with Crippen molar-refractivity contribution in [3.05, 3.63) is 29.3 Å². The van der Waals surface area contributed by atoms with Gasteiger partial charge in [0.1, 0.15) is 12.3 Å². The molecule has 1 unspecified atom stereocenters. The summed E-state index contributed by atoms with van der Waals surface area (Å²) in [5, 5.41) is 0. The van der Waals surface area contributed by atoms with Crippen molar-refractivity contribution in [1.29, 1.82) is 0 Å². The van der Waals surface area contributed by atoms with Crippen molar-refractivity contribution in [3.8, 4) is 0 Å². The van der Waals surface area contributed by atoms with Crippen LogP contribution in [0.15, 0.2) is 12.3 Å². The molecule has 0 bridgehead atoms. The second-order valence-corrected chi connectivity index (χ2v) is 4.75. The van der Waals surface area contributed by atoms with Crippen LogP contribution < -0.4 is 0 Å². The second-order valence-electron chi connectivity index (χ2n) is 3.38. The number of carbonyl (C=O) groups is 2. The molecule has 4 nitrogen and oxygen atoms in total. The zero-order valence-electron chi connectivity index (χ0n) is 9.37. The lowest BCUT2D eigenvalue weighted by Crippen LogP contribution is -2.14. The van der Waals surface area contributed by atoms with Gasteiger partial charge >= 0.3 is 5.97 Å². The molecule has 0 fully saturated rings. The molecular weight excluding hydrogens is 293 g/mol. The largest absolute Gasteiger partial charge is 0.459 e. The molecule has 0 amide bonds. The Labute approximate surface area is 106 Å². The molecule has 1 heterocycles. The van der Waals surface area contributed by atoms with Crippen molar-refractivity contribution >= 4 is 27.7 Å². The van der Waals surface area contributed by atoms with E-state index in [0.717, 1.165) is 0 Å². The van der Waals surface area contributed by atoms with Crippen molar-refractivity contribution in [1.82, 2.24) is 4.98 Å². The number of ketones is 1. The van der Waals surface area contributed by atoms with Crippen LogP contribution in [-0.2, 0) is 16.1 Å². The number of ether oxygens (including phenoxy) is 1. The number of halogens is 2. The summed E-state index contributed by atoms with van der Waals surface area (Å²) in [7, 11) is 0. The molecule has 1 aromatic rings. The van der Waals surface area contributed by atoms with Crippen molar-refractivity contribution in [2.24, 2.45) is 0 Å². The summed E-state index contributed by atoms with van der Waals surface area (Å²) in [5.74, 6) is -1.66. The SMILES string of the molecule is CC(=O)OCc1nccc(C(=O)C(C)Br)c1F. The third kappa shape index (κ3) is 3.59. The summed E-state index contributed by atoms with van der Waals surface area (Å²) < 4.78 is 18.5. The fourth-order valence-electron chi connectivity index (χ4n) is 1.16. The van der Waals surface area contributed by atoms with Gasteiger partial charge in [0.15, 0.2) is 11.6 Å². The van der Waals surface area contributed by atoms with Gasteiger partial charge in [0, 0.05) is 13.1 Å². The zero-order chi connectivity index (χ0) is 13.0. The van der Waals surface area contributed by atoms with Crippen LogP contribution in [-0.4, -0.2) is 21.6 Å². The lowest BCUT2D eigenvalue weighted by atomic mass is 10.1. The predicted octanol–water partition coefficient (Wildman–Crippen LogP) is 2.25. The van der Waals surface area contributed by atoms with Crippen LogP contribution in [0.1, 0.15) is 29.9 Å². The number of esters is 1. The first-order valence-corrected chi connectivity index (χ1v) is 5.80. The molecule has 6 heteroatoms. The highest BCUT2D eigenvalue weighted by Gasteiger charge is 2.19. The maximum absolute atomic E-state index is 13.8. The summed E-state index contributed by atoms with van der Waals surface area (Å²) in [6.45, 7) is 2.54. The van der Waals surface area contributed by atoms with Crippen molar-refractivity contribution in [2.45, 2.75) is 25.3 Å². The predicted molar refractivity (Wildman–Crippen MR) is 62.4 cm³/mol. The molecule has 92 valence electrons. The minimum Gasteiger partial charge on any atom is -0.459 e. The average Bonchev–Trinajstić information content (AvgIpc) is 2.26. The molecule has 17 heavy (non-hydrogen) atoms. The summed E-state index contributed by atoms with van der Waals surface area (Å²) in [5.41, 5.74) is -0.120. The number of nitrogens with zero attached hydrogens (tertiary/aromatic N) is 1. The monoisotopic (exact) mass is 303 g/mol. The molecule has 0 aliphatic carbocycles. The van der Waals surface area contributed by atoms with Gasteiger partial charge in [-0.3, -0.25) is 14.6 Å². The Balaban J connectivity index is 2.99. The van der Waals surface area contributed by atoms with Crippen LogP contribution in [0.25, 0.3) is 0 Å². The number of alkyl halides is 1. The van der Waals surface area contributed by atoms with Gasteiger partial charge in [0.25, 0.3) is 0 Å². The van der Waals surface area contributed by atoms with E-state index in [0.29, 0.717) is 0 Å². The van der Waals surface area contributed by atoms with Crippen LogP contribution in [0.2, 0.25) is 0 Å². The van der Waals surface area contributed by atoms with E-state index in [2.05, 4.69) is 25.7 Å². The standard InChI is InChI=1S/C11H11BrFNO3/c1-6(12)11(16)8-3-4-14-9(10(8)13)5-17-7(2)15/h3-4,6H,5H2,1-2H3. The first kappa shape index (κ1) is 13.8. The molecule has 0 aliphatic heterocycles. The Morgan fingerprint density at radius 2 is 2.24 bits per heavy atom. The number of pyridine rings is 1. The fraction of sp³-hybridized carbons (Fsp3) is 0.364. The van der Waals surface area contributed by atoms with Gasteiger partial charge in [-0.05, 0) is 13.0 Å². The van der Waals surface area contributed by atoms with Gasteiger partial charge in [0.05, 0.1) is 10.4 Å². The number of Topliss-reactive ketones (excluding diaryl/α,β-unsaturated/α-hetero) is 1. The van der Waals surface area contributed by atoms with E-state index >= 15 is 0 Å². The highest BCUT2D eigenvalue weighted by molar-refractivity contribution is 9.10. The lowest BCUT2D eigenvalue weighted by Gasteiger charge is -2.07. The number of hydrogen-bond acceptors (Lipinski definition) is 4. The number of carbonyl (C=O) groups excluding carboxylic acids is 2. The molecule has 1 rings (SSSR count). The molecule has 0 spiro atoms. The van der Waals surface area contributed by atoms with Gasteiger partial charge in [-0.1, -0.05) is 15.9 Å². The lowest BCUT2D eigenvalue weighted by molar-refractivity contribution is -0.142. The van der Waals surface area contributed by atoms with Gasteiger partial charge in [0.2, 0.25) is 0 Å². The van der Waals surface area contributed by atoms with Gasteiger partial charge < -0.3 is 4.74 Å². The topological polar surface area (TPSA) is 56.3 Å². The molecule has 0 saturated carbocycles. The maximum Gasteiger partial charge on any atom is 0.303 e. The summed E-state index contributed by atoms with van der Waals surface area (Å²) in [6.07, 6.45) is 1.31. The molecule has 0 saturated heterocycles. The Bertz CT molecular complexity index is 448. The first-order chi connectivity index (χ1) is 7.93. The smallest absolute Gasteiger partial charge is 0.303 e. The van der Waals surface area contributed by atoms with E-state index in [1.54, 1.807) is 6.92 Å². The maximum atomic E-state index is 13.8. The quantitative estimate of drug-likeness (QED) is 0.486. The third-order valence-corrected chi connectivity index (χ3v) is 2.42. The fourth-order valence-corrected chi connectivity index (χ4v) is 1.41. The summed E-state index contributed by atoms with van der Waals surface area (Å²) in [4.78, 5) is 25.5. The van der Waals surface area contributed by atoms with Crippen LogP contribution in [0.3, 0.4) is 0 Å². The number of hydrogen-bond donors (Lipinski definition) is 0. The Morgan fingerprint density at radius 3 is 2.76 bits per heavy atom. The van der Waals surface area contributed by atoms with Crippen LogP contribution in [0, 0.1) is 5.82 Å². The van der Waals surface area contributed by atoms with Crippen molar-refractivity contribution in [2.75, 3.05) is 0 Å². The third-order valence-electron chi connectivity index (χ3n) is 2.00. The molecule has 1 aromatic heterocycles. The zero-order valence-corrected chi connectivity index (χ0v) is 11.0. The van der Waals surface area contributed by atoms with Crippen molar-refractivity contribution < 1.29 is 18.7 Å². The minimum absolute atomic E-state index is 0.0563. The second kappa shape index (κ2) is 5.86. The van der Waals surface area contributed by atoms with Gasteiger partial charge in [-0.2, -0.15) is 0 Å². The summed E-state index contributed by atoms with van der Waals surface area (Å²) >= 11 is 3.08.